The van der Waals surface area contributed by atoms with Crippen molar-refractivity contribution in [3.8, 4) is 0 Å². The van der Waals surface area contributed by atoms with E-state index in [1.165, 1.54) is 12.1 Å². The Morgan fingerprint density at radius 1 is 1.12 bits per heavy atom. The number of ether oxygens (including phenoxy) is 1. The van der Waals surface area contributed by atoms with E-state index in [0.717, 1.165) is 59.9 Å². The summed E-state index contributed by atoms with van der Waals surface area (Å²) in [6, 6.07) is 11.2. The van der Waals surface area contributed by atoms with Crippen molar-refractivity contribution in [3.63, 3.8) is 0 Å². The molecule has 2 N–H and O–H groups in total. The van der Waals surface area contributed by atoms with Gasteiger partial charge in [-0.3, -0.25) is 24.6 Å². The van der Waals surface area contributed by atoms with E-state index >= 15 is 0 Å². The highest BCUT2D eigenvalue weighted by atomic mass is 127. The van der Waals surface area contributed by atoms with Crippen molar-refractivity contribution in [2.45, 2.75) is 62.6 Å². The number of rotatable bonds is 9. The topological polar surface area (TPSA) is 125 Å². The highest BCUT2D eigenvalue weighted by Gasteiger charge is 2.60. The largest absolute Gasteiger partial charge is 0.392 e. The van der Waals surface area contributed by atoms with Crippen LogP contribution >= 0.6 is 22.6 Å². The van der Waals surface area contributed by atoms with Gasteiger partial charge in [0.15, 0.2) is 0 Å². The lowest BCUT2D eigenvalue weighted by Gasteiger charge is -2.42. The second-order valence-corrected chi connectivity index (χ2v) is 12.3. The van der Waals surface area contributed by atoms with E-state index in [1.54, 1.807) is 12.1 Å². The Kier molecular flexibility index (Phi) is 9.57. The molecule has 3 fully saturated rings. The fourth-order valence-electron chi connectivity index (χ4n) is 6.67. The van der Waals surface area contributed by atoms with Crippen molar-refractivity contribution in [1.82, 2.24) is 15.1 Å². The van der Waals surface area contributed by atoms with E-state index in [1.807, 2.05) is 23.1 Å². The number of halogens is 1. The molecule has 2 aliphatic heterocycles. The minimum atomic E-state index is -1.28. The predicted molar refractivity (Wildman–Crippen MR) is 161 cm³/mol. The predicted octanol–water partition coefficient (Wildman–Crippen LogP) is 3.68. The van der Waals surface area contributed by atoms with Crippen molar-refractivity contribution < 1.29 is 24.4 Å². The summed E-state index contributed by atoms with van der Waals surface area (Å²) in [7, 11) is 0. The van der Waals surface area contributed by atoms with Gasteiger partial charge in [0.05, 0.1) is 30.8 Å². The summed E-state index contributed by atoms with van der Waals surface area (Å²) in [5, 5.41) is 24.4. The molecule has 1 aliphatic carbocycles. The summed E-state index contributed by atoms with van der Waals surface area (Å²) in [5.41, 5.74) is 0.840. The number of benzene rings is 2. The third-order valence-electron chi connectivity index (χ3n) is 8.79. The average Bonchev–Trinajstić information content (AvgIpc) is 3.31. The molecule has 41 heavy (non-hydrogen) atoms. The lowest BCUT2D eigenvalue weighted by Crippen LogP contribution is -2.51. The molecular formula is C30H37IN4O6. The maximum Gasteiger partial charge on any atom is 0.269 e. The summed E-state index contributed by atoms with van der Waals surface area (Å²) >= 11 is 2.23. The highest BCUT2D eigenvalue weighted by Crippen LogP contribution is 2.53. The number of aliphatic hydroxyl groups is 1. The smallest absolute Gasteiger partial charge is 0.269 e. The first-order valence-corrected chi connectivity index (χ1v) is 15.5. The maximum absolute atomic E-state index is 14.5. The van der Waals surface area contributed by atoms with Crippen molar-refractivity contribution in [1.29, 1.82) is 0 Å². The average molecular weight is 677 g/mol. The molecule has 2 heterocycles. The van der Waals surface area contributed by atoms with Crippen LogP contribution in [0.5, 0.6) is 0 Å². The number of carbonyl (C=O) groups is 2. The summed E-state index contributed by atoms with van der Waals surface area (Å²) < 4.78 is 6.31. The molecule has 2 aromatic carbocycles. The standard InChI is InChI=1S/C30H37IN4O6/c31-26-18-21(20-36)6-11-25(26)28-30(22-7-9-24(10-8-22)35(39)40,19-27(37)34(28)23-4-2-1-3-5-23)29(38)32-12-13-33-14-16-41-17-15-33/h6-11,18,23,28,36H,1-5,12-17,19-20H2,(H,32,38)/t28-,30-/m1/s1. The molecule has 0 bridgehead atoms. The molecule has 0 radical (unpaired) electrons. The Bertz CT molecular complexity index is 1260. The number of nitro benzene ring substituents is 1. The quantitative estimate of drug-likeness (QED) is 0.236. The van der Waals surface area contributed by atoms with E-state index in [0.29, 0.717) is 31.9 Å². The van der Waals surface area contributed by atoms with Crippen LogP contribution < -0.4 is 5.32 Å². The van der Waals surface area contributed by atoms with Crippen molar-refractivity contribution in [2.24, 2.45) is 0 Å². The van der Waals surface area contributed by atoms with Crippen LogP contribution in [0.15, 0.2) is 42.5 Å². The van der Waals surface area contributed by atoms with E-state index in [9.17, 15) is 24.8 Å². The summed E-state index contributed by atoms with van der Waals surface area (Å²) in [4.78, 5) is 43.8. The van der Waals surface area contributed by atoms with Crippen LogP contribution in [0.1, 0.15) is 61.3 Å². The summed E-state index contributed by atoms with van der Waals surface area (Å²) in [6.45, 7) is 3.90. The van der Waals surface area contributed by atoms with Gasteiger partial charge in [-0.1, -0.05) is 43.5 Å². The van der Waals surface area contributed by atoms with Crippen LogP contribution in [0, 0.1) is 13.7 Å². The van der Waals surface area contributed by atoms with Crippen molar-refractivity contribution in [3.05, 3.63) is 72.8 Å². The van der Waals surface area contributed by atoms with Crippen LogP contribution in [-0.4, -0.2) is 77.1 Å². The first-order chi connectivity index (χ1) is 19.8. The third kappa shape index (κ3) is 6.13. The molecule has 5 rings (SSSR count). The Hall–Kier alpha value is -2.61. The van der Waals surface area contributed by atoms with Gasteiger partial charge >= 0.3 is 0 Å². The van der Waals surface area contributed by atoms with Gasteiger partial charge in [-0.2, -0.15) is 0 Å². The Labute approximate surface area is 253 Å². The molecular weight excluding hydrogens is 639 g/mol. The molecule has 0 spiro atoms. The van der Waals surface area contributed by atoms with Crippen molar-refractivity contribution >= 4 is 40.1 Å². The number of non-ortho nitro benzene ring substituents is 1. The molecule has 0 aromatic heterocycles. The van der Waals surface area contributed by atoms with Crippen LogP contribution in [-0.2, 0) is 26.3 Å². The zero-order valence-corrected chi connectivity index (χ0v) is 25.3. The lowest BCUT2D eigenvalue weighted by molar-refractivity contribution is -0.384. The molecule has 3 aliphatic rings. The molecule has 1 saturated carbocycles. The second-order valence-electron chi connectivity index (χ2n) is 11.2. The maximum atomic E-state index is 14.5. The Morgan fingerprint density at radius 2 is 1.83 bits per heavy atom. The number of nitrogens with one attached hydrogen (secondary N) is 1. The zero-order chi connectivity index (χ0) is 29.0. The van der Waals surface area contributed by atoms with E-state index in [4.69, 9.17) is 4.74 Å². The number of likely N-dealkylation sites (tertiary alicyclic amines) is 1. The number of amides is 2. The number of nitro groups is 1. The van der Waals surface area contributed by atoms with Crippen LogP contribution in [0.25, 0.3) is 0 Å². The monoisotopic (exact) mass is 676 g/mol. The first kappa shape index (κ1) is 29.9. The third-order valence-corrected chi connectivity index (χ3v) is 9.72. The van der Waals surface area contributed by atoms with Gasteiger partial charge in [0.1, 0.15) is 5.41 Å². The van der Waals surface area contributed by atoms with Gasteiger partial charge in [-0.15, -0.1) is 0 Å². The Morgan fingerprint density at radius 3 is 2.46 bits per heavy atom. The number of morpholine rings is 1. The number of carbonyl (C=O) groups excluding carboxylic acids is 2. The molecule has 10 nitrogen and oxygen atoms in total. The SMILES string of the molecule is O=C1C[C@@](C(=O)NCCN2CCOCC2)(c2ccc([N+](=O)[O-])cc2)[C@@H](c2ccc(CO)cc2I)N1C1CCCCC1. The zero-order valence-electron chi connectivity index (χ0n) is 23.1. The molecule has 2 atom stereocenters. The Balaban J connectivity index is 1.60. The summed E-state index contributed by atoms with van der Waals surface area (Å²) in [6.07, 6.45) is 4.91. The van der Waals surface area contributed by atoms with Gasteiger partial charge < -0.3 is 20.1 Å². The van der Waals surface area contributed by atoms with Gasteiger partial charge in [-0.05, 0) is 58.2 Å². The first-order valence-electron chi connectivity index (χ1n) is 14.4. The van der Waals surface area contributed by atoms with Crippen LogP contribution in [0.3, 0.4) is 0 Å². The van der Waals surface area contributed by atoms with Crippen LogP contribution in [0.2, 0.25) is 0 Å². The fraction of sp³-hybridized carbons (Fsp3) is 0.533. The molecule has 0 unspecified atom stereocenters. The molecule has 11 heteroatoms. The summed E-state index contributed by atoms with van der Waals surface area (Å²) in [5.74, 6) is -0.330. The normalized spacial score (nSPS) is 24.0. The van der Waals surface area contributed by atoms with Gasteiger partial charge in [0.2, 0.25) is 11.8 Å². The number of hydrogen-bond donors (Lipinski definition) is 2. The molecule has 2 saturated heterocycles. The minimum Gasteiger partial charge on any atom is -0.392 e. The van der Waals surface area contributed by atoms with E-state index in [2.05, 4.69) is 32.8 Å². The molecule has 2 amide bonds. The lowest BCUT2D eigenvalue weighted by atomic mass is 9.70. The fourth-order valence-corrected chi connectivity index (χ4v) is 7.55. The van der Waals surface area contributed by atoms with Crippen LogP contribution in [0.4, 0.5) is 5.69 Å². The van der Waals surface area contributed by atoms with E-state index < -0.39 is 16.4 Å². The molecule has 2 aromatic rings. The van der Waals surface area contributed by atoms with Gasteiger partial charge in [0.25, 0.3) is 5.69 Å². The minimum absolute atomic E-state index is 0.00985. The second kappa shape index (κ2) is 13.1. The van der Waals surface area contributed by atoms with E-state index in [-0.39, 0.29) is 36.6 Å². The van der Waals surface area contributed by atoms with Gasteiger partial charge in [-0.25, -0.2) is 0 Å². The molecule has 220 valence electrons. The van der Waals surface area contributed by atoms with Crippen molar-refractivity contribution in [2.75, 3.05) is 39.4 Å². The van der Waals surface area contributed by atoms with Gasteiger partial charge in [0, 0.05) is 54.3 Å². The highest BCUT2D eigenvalue weighted by molar-refractivity contribution is 14.1. The number of aliphatic hydroxyl groups excluding tert-OH is 1. The number of nitrogens with zero attached hydrogens (tertiary/aromatic N) is 3. The number of hydrogen-bond acceptors (Lipinski definition) is 7.